The third-order valence-electron chi connectivity index (χ3n) is 9.52. The second kappa shape index (κ2) is 13.8. The Hall–Kier alpha value is -3.66. The predicted molar refractivity (Wildman–Crippen MR) is 185 cm³/mol. The molecular weight excluding hydrogens is 612 g/mol. The number of alkyl carbamates (subject to hydrolysis) is 1. The van der Waals surface area contributed by atoms with Crippen LogP contribution in [-0.2, 0) is 14.8 Å². The summed E-state index contributed by atoms with van der Waals surface area (Å²) in [6.45, 7) is 17.1. The molecule has 1 aromatic heterocycles. The SMILES string of the molecule is Cc1cccc(C)c1-c1cc2nc(n1)NS(=O)(=O)c1cccc(c1)C([C@@H](C)CC1(C)CC(NC(=O)OC(C)C)C1)[C@H](CC(C)C)CO2. The lowest BCUT2D eigenvalue weighted by molar-refractivity contribution is 0.0487. The third kappa shape index (κ3) is 8.26. The monoisotopic (exact) mass is 662 g/mol. The third-order valence-corrected chi connectivity index (χ3v) is 10.8. The van der Waals surface area contributed by atoms with Gasteiger partial charge < -0.3 is 14.8 Å². The maximum atomic E-state index is 13.8. The normalized spacial score (nSPS) is 24.2. The lowest BCUT2D eigenvalue weighted by Crippen LogP contribution is -2.50. The molecule has 1 unspecified atom stereocenters. The Morgan fingerprint density at radius 3 is 2.38 bits per heavy atom. The Bertz CT molecular complexity index is 1680. The summed E-state index contributed by atoms with van der Waals surface area (Å²) in [6.07, 6.45) is 3.02. The van der Waals surface area contributed by atoms with Crippen molar-refractivity contribution in [1.29, 1.82) is 0 Å². The second-order valence-corrected chi connectivity index (χ2v) is 16.5. The molecule has 254 valence electrons. The van der Waals surface area contributed by atoms with Crippen LogP contribution < -0.4 is 14.8 Å². The quantitative estimate of drug-likeness (QED) is 0.251. The fourth-order valence-corrected chi connectivity index (χ4v) is 8.86. The van der Waals surface area contributed by atoms with E-state index in [0.29, 0.717) is 24.1 Å². The highest BCUT2D eigenvalue weighted by molar-refractivity contribution is 7.92. The molecule has 1 aliphatic heterocycles. The van der Waals surface area contributed by atoms with Crippen LogP contribution in [-0.4, -0.2) is 43.2 Å². The summed E-state index contributed by atoms with van der Waals surface area (Å²) >= 11 is 0. The van der Waals surface area contributed by atoms with Crippen LogP contribution in [0.3, 0.4) is 0 Å². The number of sulfonamides is 1. The van der Waals surface area contributed by atoms with Crippen LogP contribution >= 0.6 is 0 Å². The molecule has 0 spiro atoms. The largest absolute Gasteiger partial charge is 0.477 e. The molecule has 1 fully saturated rings. The molecule has 5 rings (SSSR count). The van der Waals surface area contributed by atoms with E-state index in [1.54, 1.807) is 6.07 Å². The number of carbonyl (C=O) groups is 1. The summed E-state index contributed by atoms with van der Waals surface area (Å²) in [6, 6.07) is 15.2. The van der Waals surface area contributed by atoms with Gasteiger partial charge in [0.1, 0.15) is 0 Å². The molecule has 9 nitrogen and oxygen atoms in total. The number of aryl methyl sites for hydroxylation is 2. The number of nitrogens with one attached hydrogen (secondary N) is 2. The number of hydrogen-bond donors (Lipinski definition) is 2. The van der Waals surface area contributed by atoms with Gasteiger partial charge in [0, 0.05) is 23.6 Å². The van der Waals surface area contributed by atoms with E-state index in [1.165, 1.54) is 0 Å². The van der Waals surface area contributed by atoms with Gasteiger partial charge in [0.05, 0.1) is 23.3 Å². The van der Waals surface area contributed by atoms with Gasteiger partial charge in [0.15, 0.2) is 0 Å². The van der Waals surface area contributed by atoms with Gasteiger partial charge in [0.25, 0.3) is 10.0 Å². The fraction of sp³-hybridized carbons (Fsp3) is 0.541. The number of rotatable bonds is 8. The maximum Gasteiger partial charge on any atom is 0.407 e. The smallest absolute Gasteiger partial charge is 0.407 e. The average Bonchev–Trinajstić information content (AvgIpc) is 2.94. The number of anilines is 1. The van der Waals surface area contributed by atoms with E-state index in [0.717, 1.165) is 47.9 Å². The van der Waals surface area contributed by atoms with Crippen molar-refractivity contribution in [1.82, 2.24) is 15.3 Å². The molecule has 2 heterocycles. The van der Waals surface area contributed by atoms with Crippen LogP contribution in [0.2, 0.25) is 0 Å². The van der Waals surface area contributed by atoms with Crippen LogP contribution in [0.15, 0.2) is 53.4 Å². The first-order valence-electron chi connectivity index (χ1n) is 16.8. The minimum atomic E-state index is -3.99. The number of benzene rings is 2. The van der Waals surface area contributed by atoms with E-state index < -0.39 is 10.0 Å². The van der Waals surface area contributed by atoms with Crippen molar-refractivity contribution in [2.75, 3.05) is 11.3 Å². The molecule has 3 atom stereocenters. The summed E-state index contributed by atoms with van der Waals surface area (Å²) in [7, 11) is -3.99. The molecule has 1 amide bonds. The Balaban J connectivity index is 1.50. The fourth-order valence-electron chi connectivity index (χ4n) is 7.86. The molecule has 1 saturated carbocycles. The molecule has 0 saturated heterocycles. The number of nitrogens with zero attached hydrogens (tertiary/aromatic N) is 2. The molecule has 2 N–H and O–H groups in total. The van der Waals surface area contributed by atoms with E-state index in [2.05, 4.69) is 47.7 Å². The number of amides is 1. The highest BCUT2D eigenvalue weighted by Gasteiger charge is 2.44. The van der Waals surface area contributed by atoms with Crippen molar-refractivity contribution >= 4 is 22.1 Å². The van der Waals surface area contributed by atoms with Crippen LogP contribution in [0.4, 0.5) is 10.7 Å². The summed E-state index contributed by atoms with van der Waals surface area (Å²) in [5.41, 5.74) is 4.62. The van der Waals surface area contributed by atoms with Gasteiger partial charge in [-0.3, -0.25) is 0 Å². The molecule has 10 heteroatoms. The zero-order chi connectivity index (χ0) is 34.1. The number of hydrogen-bond acceptors (Lipinski definition) is 7. The average molecular weight is 663 g/mol. The maximum absolute atomic E-state index is 13.8. The number of carbonyl (C=O) groups excluding carboxylic acids is 1. The van der Waals surface area contributed by atoms with E-state index >= 15 is 0 Å². The molecular formula is C37H50N4O5S. The molecule has 4 bridgehead atoms. The van der Waals surface area contributed by atoms with Crippen molar-refractivity contribution in [3.63, 3.8) is 0 Å². The van der Waals surface area contributed by atoms with Gasteiger partial charge in [-0.2, -0.15) is 4.98 Å². The number of aromatic nitrogens is 2. The van der Waals surface area contributed by atoms with Crippen LogP contribution in [0, 0.1) is 37.0 Å². The van der Waals surface area contributed by atoms with Crippen molar-refractivity contribution < 1.29 is 22.7 Å². The van der Waals surface area contributed by atoms with Gasteiger partial charge >= 0.3 is 6.09 Å². The highest BCUT2D eigenvalue weighted by atomic mass is 32.2. The number of fused-ring (bicyclic) bond motifs is 4. The molecule has 2 aliphatic rings. The van der Waals surface area contributed by atoms with E-state index in [-0.39, 0.29) is 52.3 Å². The standard InChI is InChI=1S/C37H50N4O5S/c1-22(2)15-28-21-45-32-17-31(33-24(5)11-9-12-25(33)6)39-35(40-32)41-47(43,44)30-14-10-13-27(16-30)34(28)26(7)18-37(8)19-29(20-37)38-36(42)46-23(3)4/h9-14,16-17,22-23,26,28-29,34H,15,18-21H2,1-8H3,(H,38,42)(H,39,40,41)/t26-,28+,29?,34?,37?/m0/s1. The van der Waals surface area contributed by atoms with E-state index in [4.69, 9.17) is 9.47 Å². The van der Waals surface area contributed by atoms with E-state index in [9.17, 15) is 13.2 Å². The Morgan fingerprint density at radius 2 is 1.72 bits per heavy atom. The van der Waals surface area contributed by atoms with Crippen molar-refractivity contribution in [3.05, 3.63) is 65.2 Å². The van der Waals surface area contributed by atoms with Gasteiger partial charge in [-0.1, -0.05) is 58.0 Å². The molecule has 47 heavy (non-hydrogen) atoms. The predicted octanol–water partition coefficient (Wildman–Crippen LogP) is 8.03. The van der Waals surface area contributed by atoms with Crippen LogP contribution in [0.1, 0.15) is 89.8 Å². The first-order valence-corrected chi connectivity index (χ1v) is 18.3. The summed E-state index contributed by atoms with van der Waals surface area (Å²) in [5.74, 6) is 1.04. The second-order valence-electron chi connectivity index (χ2n) is 14.8. The summed E-state index contributed by atoms with van der Waals surface area (Å²) < 4.78 is 42.0. The summed E-state index contributed by atoms with van der Waals surface area (Å²) in [4.78, 5) is 21.6. The highest BCUT2D eigenvalue weighted by Crippen LogP contribution is 2.50. The zero-order valence-corrected chi connectivity index (χ0v) is 29.8. The topological polar surface area (TPSA) is 120 Å². The first kappa shape index (κ1) is 34.7. The Labute approximate surface area is 280 Å². The Kier molecular flexibility index (Phi) is 10.2. The first-order chi connectivity index (χ1) is 22.1. The zero-order valence-electron chi connectivity index (χ0n) is 29.0. The van der Waals surface area contributed by atoms with Gasteiger partial charge in [0.2, 0.25) is 11.8 Å². The van der Waals surface area contributed by atoms with E-state index in [1.807, 2.05) is 70.2 Å². The van der Waals surface area contributed by atoms with Crippen LogP contribution in [0.5, 0.6) is 5.88 Å². The Morgan fingerprint density at radius 1 is 1.04 bits per heavy atom. The lowest BCUT2D eigenvalue weighted by Gasteiger charge is -2.48. The van der Waals surface area contributed by atoms with Crippen molar-refractivity contribution in [2.45, 2.75) is 104 Å². The number of ether oxygens (including phenoxy) is 2. The minimum Gasteiger partial charge on any atom is -0.477 e. The van der Waals surface area contributed by atoms with Crippen LogP contribution in [0.25, 0.3) is 11.3 Å². The molecule has 1 aliphatic carbocycles. The summed E-state index contributed by atoms with van der Waals surface area (Å²) in [5, 5.41) is 3.01. The molecule has 3 aromatic rings. The van der Waals surface area contributed by atoms with Gasteiger partial charge in [-0.25, -0.2) is 22.9 Å². The molecule has 0 radical (unpaired) electrons. The van der Waals surface area contributed by atoms with Gasteiger partial charge in [-0.05, 0) is 105 Å². The van der Waals surface area contributed by atoms with Crippen molar-refractivity contribution in [3.8, 4) is 17.1 Å². The lowest BCUT2D eigenvalue weighted by atomic mass is 9.60. The van der Waals surface area contributed by atoms with Crippen molar-refractivity contribution in [2.24, 2.45) is 23.2 Å². The minimum absolute atomic E-state index is 0.0187. The molecule has 2 aromatic carbocycles. The van der Waals surface area contributed by atoms with Gasteiger partial charge in [-0.15, -0.1) is 0 Å².